The Bertz CT molecular complexity index is 600. The summed E-state index contributed by atoms with van der Waals surface area (Å²) in [6.07, 6.45) is 3.48. The molecule has 0 fully saturated rings. The van der Waals surface area contributed by atoms with E-state index in [1.165, 1.54) is 0 Å². The van der Waals surface area contributed by atoms with Gasteiger partial charge in [-0.3, -0.25) is 4.98 Å². The number of hydrogen-bond acceptors (Lipinski definition) is 2. The van der Waals surface area contributed by atoms with Crippen LogP contribution in [0, 0.1) is 0 Å². The van der Waals surface area contributed by atoms with Crippen LogP contribution in [0.5, 0.6) is 0 Å². The molecule has 3 rings (SSSR count). The topological polar surface area (TPSA) is 26.0 Å². The van der Waals surface area contributed by atoms with Crippen molar-refractivity contribution >= 4 is 0 Å². The highest BCUT2D eigenvalue weighted by Gasteiger charge is 2.09. The van der Waals surface area contributed by atoms with Crippen LogP contribution in [0.15, 0.2) is 71.5 Å². The molecule has 2 aromatic heterocycles. The minimum atomic E-state index is 0.844. The first kappa shape index (κ1) is 9.85. The monoisotopic (exact) mass is 221 g/mol. The minimum absolute atomic E-state index is 0.844. The molecule has 2 heterocycles. The van der Waals surface area contributed by atoms with Crippen molar-refractivity contribution in [1.82, 2.24) is 4.98 Å². The van der Waals surface area contributed by atoms with Crippen molar-refractivity contribution in [3.05, 3.63) is 67.1 Å². The molecule has 0 amide bonds. The third kappa shape index (κ3) is 1.85. The van der Waals surface area contributed by atoms with E-state index >= 15 is 0 Å². The number of nitrogens with zero attached hydrogens (tertiary/aromatic N) is 1. The van der Waals surface area contributed by atoms with Gasteiger partial charge in [-0.2, -0.15) is 0 Å². The molecule has 0 atom stereocenters. The van der Waals surface area contributed by atoms with E-state index in [2.05, 4.69) is 17.1 Å². The minimum Gasteiger partial charge on any atom is -0.464 e. The summed E-state index contributed by atoms with van der Waals surface area (Å²) >= 11 is 0. The molecule has 82 valence electrons. The summed E-state index contributed by atoms with van der Waals surface area (Å²) in [5.41, 5.74) is 3.06. The molecule has 0 aliphatic carbocycles. The van der Waals surface area contributed by atoms with Crippen molar-refractivity contribution < 1.29 is 4.42 Å². The smallest absolute Gasteiger partial charge is 0.136 e. The highest BCUT2D eigenvalue weighted by molar-refractivity contribution is 5.77. The second kappa shape index (κ2) is 4.26. The van der Waals surface area contributed by atoms with Crippen LogP contribution in [-0.2, 0) is 0 Å². The predicted molar refractivity (Wildman–Crippen MR) is 67.4 cm³/mol. The molecule has 2 heteroatoms. The first-order valence-corrected chi connectivity index (χ1v) is 5.49. The molecule has 0 aliphatic heterocycles. The van der Waals surface area contributed by atoms with E-state index in [4.69, 9.17) is 4.42 Å². The largest absolute Gasteiger partial charge is 0.464 e. The van der Waals surface area contributed by atoms with Crippen molar-refractivity contribution in [2.45, 2.75) is 0 Å². The lowest BCUT2D eigenvalue weighted by atomic mass is 10.0. The van der Waals surface area contributed by atoms with Crippen molar-refractivity contribution in [3.63, 3.8) is 0 Å². The Labute approximate surface area is 99.6 Å². The molecule has 0 bridgehead atoms. The fourth-order valence-electron chi connectivity index (χ4n) is 1.86. The van der Waals surface area contributed by atoms with Gasteiger partial charge in [0.05, 0.1) is 12.0 Å². The molecule has 0 aliphatic rings. The van der Waals surface area contributed by atoms with Crippen LogP contribution in [0.3, 0.4) is 0 Å². The standard InChI is InChI=1S/C15H11NO/c1-2-6-12(7-3-1)15-13(8-4-10-16-15)14-9-5-11-17-14/h1-11H. The first-order chi connectivity index (χ1) is 8.45. The quantitative estimate of drug-likeness (QED) is 0.653. The van der Waals surface area contributed by atoms with Gasteiger partial charge in [0.15, 0.2) is 0 Å². The van der Waals surface area contributed by atoms with Crippen LogP contribution in [0.2, 0.25) is 0 Å². The van der Waals surface area contributed by atoms with Gasteiger partial charge in [-0.15, -0.1) is 0 Å². The Morgan fingerprint density at radius 2 is 1.71 bits per heavy atom. The molecule has 17 heavy (non-hydrogen) atoms. The van der Waals surface area contributed by atoms with Crippen molar-refractivity contribution in [3.8, 4) is 22.6 Å². The highest BCUT2D eigenvalue weighted by Crippen LogP contribution is 2.29. The van der Waals surface area contributed by atoms with Gasteiger partial charge in [0.2, 0.25) is 0 Å². The summed E-state index contributed by atoms with van der Waals surface area (Å²) in [4.78, 5) is 4.44. The molecule has 0 radical (unpaired) electrons. The zero-order chi connectivity index (χ0) is 11.5. The van der Waals surface area contributed by atoms with Crippen LogP contribution < -0.4 is 0 Å². The molecular formula is C15H11NO. The summed E-state index contributed by atoms with van der Waals surface area (Å²) in [6, 6.07) is 17.9. The first-order valence-electron chi connectivity index (χ1n) is 5.49. The van der Waals surface area contributed by atoms with Gasteiger partial charge in [0.25, 0.3) is 0 Å². The lowest BCUT2D eigenvalue weighted by Gasteiger charge is -2.05. The summed E-state index contributed by atoms with van der Waals surface area (Å²) in [5, 5.41) is 0. The zero-order valence-electron chi connectivity index (χ0n) is 9.21. The Hall–Kier alpha value is -2.35. The fraction of sp³-hybridized carbons (Fsp3) is 0. The van der Waals surface area contributed by atoms with Gasteiger partial charge in [0.1, 0.15) is 5.76 Å². The predicted octanol–water partition coefficient (Wildman–Crippen LogP) is 4.01. The van der Waals surface area contributed by atoms with Gasteiger partial charge in [-0.25, -0.2) is 0 Å². The number of pyridine rings is 1. The van der Waals surface area contributed by atoms with Crippen molar-refractivity contribution in [2.75, 3.05) is 0 Å². The third-order valence-electron chi connectivity index (χ3n) is 2.64. The number of rotatable bonds is 2. The van der Waals surface area contributed by atoms with Gasteiger partial charge in [0, 0.05) is 17.3 Å². The Morgan fingerprint density at radius 3 is 2.47 bits per heavy atom. The lowest BCUT2D eigenvalue weighted by Crippen LogP contribution is -1.86. The van der Waals surface area contributed by atoms with Crippen molar-refractivity contribution in [1.29, 1.82) is 0 Å². The summed E-state index contributed by atoms with van der Waals surface area (Å²) in [7, 11) is 0. The van der Waals surface area contributed by atoms with Crippen LogP contribution in [0.4, 0.5) is 0 Å². The van der Waals surface area contributed by atoms with Crippen molar-refractivity contribution in [2.24, 2.45) is 0 Å². The Balaban J connectivity index is 2.18. The molecule has 0 N–H and O–H groups in total. The average molecular weight is 221 g/mol. The molecular weight excluding hydrogens is 210 g/mol. The molecule has 0 spiro atoms. The summed E-state index contributed by atoms with van der Waals surface area (Å²) in [6.45, 7) is 0. The van der Waals surface area contributed by atoms with Crippen LogP contribution in [-0.4, -0.2) is 4.98 Å². The molecule has 2 nitrogen and oxygen atoms in total. The van der Waals surface area contributed by atoms with Gasteiger partial charge < -0.3 is 4.42 Å². The SMILES string of the molecule is c1ccc(-c2ncccc2-c2ccco2)cc1. The van der Waals surface area contributed by atoms with Gasteiger partial charge >= 0.3 is 0 Å². The van der Waals surface area contributed by atoms with Gasteiger partial charge in [-0.1, -0.05) is 30.3 Å². The van der Waals surface area contributed by atoms with E-state index in [9.17, 15) is 0 Å². The lowest BCUT2D eigenvalue weighted by molar-refractivity contribution is 0.582. The number of aromatic nitrogens is 1. The van der Waals surface area contributed by atoms with Crippen LogP contribution >= 0.6 is 0 Å². The molecule has 1 aromatic carbocycles. The van der Waals surface area contributed by atoms with Gasteiger partial charge in [-0.05, 0) is 24.3 Å². The average Bonchev–Trinajstić information content (AvgIpc) is 2.94. The Morgan fingerprint density at radius 1 is 0.824 bits per heavy atom. The van der Waals surface area contributed by atoms with E-state index < -0.39 is 0 Å². The second-order valence-electron chi connectivity index (χ2n) is 3.74. The van der Waals surface area contributed by atoms with E-state index in [0.717, 1.165) is 22.6 Å². The summed E-state index contributed by atoms with van der Waals surface area (Å²) < 4.78 is 5.44. The maximum absolute atomic E-state index is 5.44. The van der Waals surface area contributed by atoms with Crippen LogP contribution in [0.1, 0.15) is 0 Å². The zero-order valence-corrected chi connectivity index (χ0v) is 9.21. The van der Waals surface area contributed by atoms with E-state index in [-0.39, 0.29) is 0 Å². The van der Waals surface area contributed by atoms with E-state index in [1.54, 1.807) is 12.5 Å². The van der Waals surface area contributed by atoms with E-state index in [1.807, 2.05) is 42.5 Å². The summed E-state index contributed by atoms with van der Waals surface area (Å²) in [5.74, 6) is 0.844. The fourth-order valence-corrected chi connectivity index (χ4v) is 1.86. The number of benzene rings is 1. The molecule has 0 unspecified atom stereocenters. The molecule has 0 saturated carbocycles. The molecule has 3 aromatic rings. The maximum atomic E-state index is 5.44. The third-order valence-corrected chi connectivity index (χ3v) is 2.64. The maximum Gasteiger partial charge on any atom is 0.136 e. The number of hydrogen-bond donors (Lipinski definition) is 0. The normalized spacial score (nSPS) is 10.4. The van der Waals surface area contributed by atoms with E-state index in [0.29, 0.717) is 0 Å². The molecule has 0 saturated heterocycles. The highest BCUT2D eigenvalue weighted by atomic mass is 16.3. The number of furan rings is 1. The second-order valence-corrected chi connectivity index (χ2v) is 3.74. The van der Waals surface area contributed by atoms with Crippen LogP contribution in [0.25, 0.3) is 22.6 Å². The Kier molecular flexibility index (Phi) is 2.47.